The highest BCUT2D eigenvalue weighted by atomic mass is 16.2. The quantitative estimate of drug-likeness (QED) is 0.258. The van der Waals surface area contributed by atoms with E-state index in [2.05, 4.69) is 21.3 Å². The third-order valence-corrected chi connectivity index (χ3v) is 9.32. The van der Waals surface area contributed by atoms with Gasteiger partial charge >= 0.3 is 0 Å². The first-order chi connectivity index (χ1) is 22.4. The number of hydrogen-bond acceptors (Lipinski definition) is 5. The van der Waals surface area contributed by atoms with E-state index in [1.807, 2.05) is 66.7 Å². The fourth-order valence-electron chi connectivity index (χ4n) is 6.62. The largest absolute Gasteiger partial charge is 0.347 e. The predicted molar refractivity (Wildman–Crippen MR) is 178 cm³/mol. The molecule has 9 heteroatoms. The number of nitrogens with one attached hydrogen (secondary N) is 4. The van der Waals surface area contributed by atoms with Crippen LogP contribution >= 0.6 is 0 Å². The Morgan fingerprint density at radius 1 is 0.761 bits per heavy atom. The van der Waals surface area contributed by atoms with Gasteiger partial charge in [-0.1, -0.05) is 98.1 Å². The zero-order valence-corrected chi connectivity index (χ0v) is 26.7. The Hall–Kier alpha value is -4.50. The van der Waals surface area contributed by atoms with Gasteiger partial charge in [0.05, 0.1) is 12.1 Å². The van der Waals surface area contributed by atoms with Gasteiger partial charge in [-0.15, -0.1) is 0 Å². The lowest BCUT2D eigenvalue weighted by Gasteiger charge is -2.35. The van der Waals surface area contributed by atoms with E-state index >= 15 is 0 Å². The minimum Gasteiger partial charge on any atom is -0.347 e. The van der Waals surface area contributed by atoms with Crippen molar-refractivity contribution in [2.24, 2.45) is 5.92 Å². The van der Waals surface area contributed by atoms with Crippen molar-refractivity contribution in [2.45, 2.75) is 75.7 Å². The van der Waals surface area contributed by atoms with Gasteiger partial charge < -0.3 is 26.2 Å². The van der Waals surface area contributed by atoms with Crippen LogP contribution in [0.4, 0.5) is 0 Å². The van der Waals surface area contributed by atoms with Gasteiger partial charge in [0.25, 0.3) is 5.91 Å². The Balaban J connectivity index is 1.44. The summed E-state index contributed by atoms with van der Waals surface area (Å²) < 4.78 is 0. The van der Waals surface area contributed by atoms with Crippen LogP contribution in [-0.2, 0) is 14.4 Å². The third-order valence-electron chi connectivity index (χ3n) is 9.32. The van der Waals surface area contributed by atoms with Gasteiger partial charge in [-0.05, 0) is 62.4 Å². The molecule has 4 amide bonds. The molecule has 46 heavy (non-hydrogen) atoms. The first-order valence-corrected chi connectivity index (χ1v) is 16.4. The molecule has 0 unspecified atom stereocenters. The molecule has 1 heterocycles. The Morgan fingerprint density at radius 3 is 1.89 bits per heavy atom. The van der Waals surface area contributed by atoms with Crippen molar-refractivity contribution in [1.29, 1.82) is 0 Å². The van der Waals surface area contributed by atoms with E-state index in [1.165, 1.54) is 0 Å². The smallest absolute Gasteiger partial charge is 0.251 e. The lowest BCUT2D eigenvalue weighted by molar-refractivity contribution is -0.143. The van der Waals surface area contributed by atoms with Crippen LogP contribution in [-0.4, -0.2) is 66.3 Å². The minimum atomic E-state index is -0.840. The van der Waals surface area contributed by atoms with E-state index in [-0.39, 0.29) is 42.5 Å². The molecule has 5 rings (SSSR count). The average molecular weight is 624 g/mol. The van der Waals surface area contributed by atoms with Gasteiger partial charge in [-0.3, -0.25) is 19.2 Å². The first kappa shape index (κ1) is 32.9. The Labute approximate surface area is 271 Å². The van der Waals surface area contributed by atoms with Gasteiger partial charge in [0.2, 0.25) is 17.7 Å². The molecule has 0 radical (unpaired) electrons. The van der Waals surface area contributed by atoms with Crippen LogP contribution in [0.2, 0.25) is 0 Å². The molecule has 9 nitrogen and oxygen atoms in total. The molecule has 2 aliphatic rings. The van der Waals surface area contributed by atoms with Crippen molar-refractivity contribution in [3.63, 3.8) is 0 Å². The molecular formula is C37H45N5O4. The van der Waals surface area contributed by atoms with E-state index in [0.717, 1.165) is 43.2 Å². The summed E-state index contributed by atoms with van der Waals surface area (Å²) in [5.74, 6) is -1.13. The molecule has 2 fully saturated rings. The number of hydrogen-bond donors (Lipinski definition) is 4. The van der Waals surface area contributed by atoms with E-state index < -0.39 is 30.2 Å². The molecule has 4 atom stereocenters. The number of benzene rings is 3. The van der Waals surface area contributed by atoms with Gasteiger partial charge in [-0.2, -0.15) is 0 Å². The molecule has 0 bridgehead atoms. The number of carbonyl (C=O) groups excluding carboxylic acids is 4. The molecular weight excluding hydrogens is 578 g/mol. The maximum atomic E-state index is 14.5. The highest BCUT2D eigenvalue weighted by molar-refractivity contribution is 5.96. The number of rotatable bonds is 11. The van der Waals surface area contributed by atoms with Crippen LogP contribution in [0.25, 0.3) is 0 Å². The summed E-state index contributed by atoms with van der Waals surface area (Å²) in [4.78, 5) is 56.7. The first-order valence-electron chi connectivity index (χ1n) is 16.4. The van der Waals surface area contributed by atoms with Crippen LogP contribution in [0.1, 0.15) is 73.0 Å². The van der Waals surface area contributed by atoms with Crippen LogP contribution in [0.5, 0.6) is 0 Å². The highest BCUT2D eigenvalue weighted by Gasteiger charge is 2.45. The fourth-order valence-corrected chi connectivity index (χ4v) is 6.62. The summed E-state index contributed by atoms with van der Waals surface area (Å²) in [5.41, 5.74) is 2.34. The SMILES string of the molecule is CN[C@@H](C)C(=O)N[C@H](C(=O)N1C[C@H](NC(=O)c2ccccc2)C[C@H]1C(=O)NC(c1ccccc1)c1ccccc1)C1CCCCC1. The van der Waals surface area contributed by atoms with E-state index in [0.29, 0.717) is 5.56 Å². The minimum absolute atomic E-state index is 0.0303. The second kappa shape index (κ2) is 15.7. The van der Waals surface area contributed by atoms with Crippen LogP contribution in [0, 0.1) is 5.92 Å². The molecule has 1 aliphatic carbocycles. The molecule has 4 N–H and O–H groups in total. The number of nitrogens with zero attached hydrogens (tertiary/aromatic N) is 1. The normalized spacial score (nSPS) is 19.7. The Bertz CT molecular complexity index is 1420. The molecule has 0 aromatic heterocycles. The molecule has 0 spiro atoms. The standard InChI is InChI=1S/C37H45N5O4/c1-25(38-2)34(43)41-33(28-19-11-5-12-20-28)37(46)42-24-30(39-35(44)29-21-13-6-14-22-29)23-31(42)36(45)40-32(26-15-7-3-8-16-26)27-17-9-4-10-18-27/h3-4,6-10,13-18,21-22,25,28,30-33,38H,5,11-12,19-20,23-24H2,1-2H3,(H,39,44)(H,40,45)(H,41,43)/t25-,30+,31-,33-/m0/s1. The topological polar surface area (TPSA) is 120 Å². The fraction of sp³-hybridized carbons (Fsp3) is 0.405. The zero-order chi connectivity index (χ0) is 32.5. The van der Waals surface area contributed by atoms with Crippen LogP contribution in [0.15, 0.2) is 91.0 Å². The summed E-state index contributed by atoms with van der Waals surface area (Å²) in [6.45, 7) is 1.92. The Kier molecular flexibility index (Phi) is 11.2. The van der Waals surface area contributed by atoms with Crippen molar-refractivity contribution in [3.8, 4) is 0 Å². The van der Waals surface area contributed by atoms with Crippen molar-refractivity contribution in [2.75, 3.05) is 13.6 Å². The molecule has 1 aliphatic heterocycles. The van der Waals surface area contributed by atoms with Gasteiger partial charge in [0.1, 0.15) is 12.1 Å². The summed E-state index contributed by atoms with van der Waals surface area (Å²) in [6.07, 6.45) is 4.98. The van der Waals surface area contributed by atoms with Crippen LogP contribution in [0.3, 0.4) is 0 Å². The summed E-state index contributed by atoms with van der Waals surface area (Å²) in [5, 5.41) is 12.3. The second-order valence-corrected chi connectivity index (χ2v) is 12.4. The molecule has 3 aromatic carbocycles. The maximum absolute atomic E-state index is 14.5. The van der Waals surface area contributed by atoms with Crippen molar-refractivity contribution in [3.05, 3.63) is 108 Å². The van der Waals surface area contributed by atoms with Crippen molar-refractivity contribution < 1.29 is 19.2 Å². The number of likely N-dealkylation sites (tertiary alicyclic amines) is 1. The number of carbonyl (C=O) groups is 4. The van der Waals surface area contributed by atoms with Gasteiger partial charge in [0.15, 0.2) is 0 Å². The zero-order valence-electron chi connectivity index (χ0n) is 26.7. The van der Waals surface area contributed by atoms with E-state index in [4.69, 9.17) is 0 Å². The number of likely N-dealkylation sites (N-methyl/N-ethyl adjacent to an activating group) is 1. The Morgan fingerprint density at radius 2 is 1.33 bits per heavy atom. The predicted octanol–water partition coefficient (Wildman–Crippen LogP) is 3.96. The van der Waals surface area contributed by atoms with Gasteiger partial charge in [-0.25, -0.2) is 0 Å². The lowest BCUT2D eigenvalue weighted by Crippen LogP contribution is -2.58. The summed E-state index contributed by atoms with van der Waals surface area (Å²) in [7, 11) is 1.71. The number of amides is 4. The average Bonchev–Trinajstić information content (AvgIpc) is 3.54. The van der Waals surface area contributed by atoms with Gasteiger partial charge in [0, 0.05) is 18.2 Å². The van der Waals surface area contributed by atoms with Crippen LogP contribution < -0.4 is 21.3 Å². The summed E-state index contributed by atoms with van der Waals surface area (Å²) in [6, 6.07) is 25.4. The molecule has 1 saturated carbocycles. The monoisotopic (exact) mass is 623 g/mol. The molecule has 3 aromatic rings. The highest BCUT2D eigenvalue weighted by Crippen LogP contribution is 2.30. The lowest BCUT2D eigenvalue weighted by atomic mass is 9.83. The third kappa shape index (κ3) is 8.01. The van der Waals surface area contributed by atoms with Crippen molar-refractivity contribution >= 4 is 23.6 Å². The molecule has 242 valence electrons. The molecule has 1 saturated heterocycles. The summed E-state index contributed by atoms with van der Waals surface area (Å²) >= 11 is 0. The van der Waals surface area contributed by atoms with E-state index in [1.54, 1.807) is 43.1 Å². The second-order valence-electron chi connectivity index (χ2n) is 12.4. The van der Waals surface area contributed by atoms with Crippen molar-refractivity contribution in [1.82, 2.24) is 26.2 Å². The maximum Gasteiger partial charge on any atom is 0.251 e. The van der Waals surface area contributed by atoms with E-state index in [9.17, 15) is 19.2 Å².